The summed E-state index contributed by atoms with van der Waals surface area (Å²) in [7, 11) is 0. The Morgan fingerprint density at radius 2 is 1.84 bits per heavy atom. The van der Waals surface area contributed by atoms with E-state index in [4.69, 9.17) is 4.74 Å². The molecule has 0 spiro atoms. The molecule has 1 aliphatic heterocycles. The van der Waals surface area contributed by atoms with Crippen molar-refractivity contribution in [2.45, 2.75) is 12.6 Å². The van der Waals surface area contributed by atoms with Crippen LogP contribution in [0.2, 0.25) is 0 Å². The van der Waals surface area contributed by atoms with Crippen LogP contribution in [0.25, 0.3) is 11.1 Å². The molecule has 1 fully saturated rings. The first-order valence-electron chi connectivity index (χ1n) is 9.59. The summed E-state index contributed by atoms with van der Waals surface area (Å²) in [5.41, 5.74) is 2.27. The number of aromatic nitrogens is 2. The van der Waals surface area contributed by atoms with E-state index in [9.17, 15) is 18.8 Å². The number of carbonyl (C=O) groups is 3. The van der Waals surface area contributed by atoms with Gasteiger partial charge in [0.15, 0.2) is 6.61 Å². The van der Waals surface area contributed by atoms with Crippen LogP contribution in [0.15, 0.2) is 67.0 Å². The lowest BCUT2D eigenvalue weighted by molar-refractivity contribution is -0.127. The summed E-state index contributed by atoms with van der Waals surface area (Å²) in [6, 6.07) is 14.4. The van der Waals surface area contributed by atoms with Crippen molar-refractivity contribution in [3.8, 4) is 11.1 Å². The molecule has 0 bridgehead atoms. The van der Waals surface area contributed by atoms with Gasteiger partial charge in [0.25, 0.3) is 5.91 Å². The van der Waals surface area contributed by atoms with Gasteiger partial charge in [-0.1, -0.05) is 42.5 Å². The minimum absolute atomic E-state index is 0.0344. The van der Waals surface area contributed by atoms with Gasteiger partial charge in [-0.25, -0.2) is 14.1 Å². The van der Waals surface area contributed by atoms with Crippen molar-refractivity contribution < 1.29 is 23.5 Å². The first-order chi connectivity index (χ1) is 15.0. The van der Waals surface area contributed by atoms with Crippen molar-refractivity contribution in [3.63, 3.8) is 0 Å². The smallest absolute Gasteiger partial charge is 0.417 e. The predicted octanol–water partition coefficient (Wildman–Crippen LogP) is 2.53. The fourth-order valence-corrected chi connectivity index (χ4v) is 3.29. The third kappa shape index (κ3) is 4.77. The third-order valence-electron chi connectivity index (χ3n) is 4.86. The number of ether oxygens (including phenoxy) is 1. The van der Waals surface area contributed by atoms with Crippen LogP contribution in [-0.4, -0.2) is 45.7 Å². The number of amides is 3. The molecule has 1 saturated heterocycles. The van der Waals surface area contributed by atoms with Crippen LogP contribution in [0, 0.1) is 5.82 Å². The average molecular weight is 422 g/mol. The Labute approximate surface area is 177 Å². The molecule has 1 aliphatic rings. The summed E-state index contributed by atoms with van der Waals surface area (Å²) in [5, 5.41) is 7.04. The molecular weight excluding hydrogens is 403 g/mol. The van der Waals surface area contributed by atoms with Crippen molar-refractivity contribution >= 4 is 17.9 Å². The second kappa shape index (κ2) is 8.78. The largest absolute Gasteiger partial charge is 0.439 e. The first-order valence-corrected chi connectivity index (χ1v) is 9.59. The predicted molar refractivity (Wildman–Crippen MR) is 108 cm³/mol. The summed E-state index contributed by atoms with van der Waals surface area (Å²) in [6.45, 7) is -0.399. The van der Waals surface area contributed by atoms with E-state index in [1.165, 1.54) is 16.8 Å². The Bertz CT molecular complexity index is 1080. The maximum Gasteiger partial charge on any atom is 0.417 e. The summed E-state index contributed by atoms with van der Waals surface area (Å²) in [6.07, 6.45) is 2.55. The summed E-state index contributed by atoms with van der Waals surface area (Å²) >= 11 is 0. The number of rotatable bonds is 7. The Kier molecular flexibility index (Phi) is 5.74. The van der Waals surface area contributed by atoms with Crippen LogP contribution in [0.5, 0.6) is 0 Å². The first kappa shape index (κ1) is 20.3. The number of hydrogen-bond donors (Lipinski definition) is 1. The highest BCUT2D eigenvalue weighted by Crippen LogP contribution is 2.20. The molecule has 2 heterocycles. The maximum absolute atomic E-state index is 13.1. The molecule has 9 heteroatoms. The second-order valence-electron chi connectivity index (χ2n) is 7.02. The van der Waals surface area contributed by atoms with Crippen molar-refractivity contribution in [1.29, 1.82) is 0 Å². The van der Waals surface area contributed by atoms with Gasteiger partial charge in [-0.3, -0.25) is 14.3 Å². The lowest BCUT2D eigenvalue weighted by atomic mass is 10.1. The van der Waals surface area contributed by atoms with E-state index < -0.39 is 18.0 Å². The lowest BCUT2D eigenvalue weighted by Gasteiger charge is -2.22. The van der Waals surface area contributed by atoms with E-state index in [1.807, 2.05) is 6.07 Å². The second-order valence-corrected chi connectivity index (χ2v) is 7.02. The van der Waals surface area contributed by atoms with Gasteiger partial charge in [-0.15, -0.1) is 0 Å². The average Bonchev–Trinajstić information content (AvgIpc) is 3.36. The van der Waals surface area contributed by atoms with Gasteiger partial charge in [0.05, 0.1) is 18.8 Å². The van der Waals surface area contributed by atoms with E-state index in [0.29, 0.717) is 0 Å². The standard InChI is InChI=1S/C22H19FN4O4/c23-18-8-6-15(7-9-18)17-10-24-26(11-17)13-20(28)25-19(16-4-2-1-3-5-16)12-27-21(29)14-31-22(27)30/h1-11,19H,12-14H2,(H,25,28). The molecule has 8 nitrogen and oxygen atoms in total. The van der Waals surface area contributed by atoms with E-state index in [2.05, 4.69) is 10.4 Å². The minimum Gasteiger partial charge on any atom is -0.439 e. The normalized spacial score (nSPS) is 14.4. The number of hydrogen-bond acceptors (Lipinski definition) is 5. The summed E-state index contributed by atoms with van der Waals surface area (Å²) < 4.78 is 19.3. The fraction of sp³-hybridized carbons (Fsp3) is 0.182. The van der Waals surface area contributed by atoms with Gasteiger partial charge < -0.3 is 10.1 Å². The van der Waals surface area contributed by atoms with Gasteiger partial charge in [-0.2, -0.15) is 5.10 Å². The van der Waals surface area contributed by atoms with Crippen molar-refractivity contribution in [3.05, 3.63) is 78.4 Å². The molecule has 0 saturated carbocycles. The number of nitrogens with one attached hydrogen (secondary N) is 1. The zero-order valence-electron chi connectivity index (χ0n) is 16.4. The molecule has 0 radical (unpaired) electrons. The van der Waals surface area contributed by atoms with Gasteiger partial charge in [-0.05, 0) is 23.3 Å². The molecule has 1 aromatic heterocycles. The SMILES string of the molecule is O=C(Cn1cc(-c2ccc(F)cc2)cn1)NC(CN1C(=O)COC1=O)c1ccccc1. The Morgan fingerprint density at radius 3 is 2.52 bits per heavy atom. The molecule has 3 aromatic rings. The Hall–Kier alpha value is -4.01. The minimum atomic E-state index is -0.726. The lowest BCUT2D eigenvalue weighted by Crippen LogP contribution is -2.41. The Morgan fingerprint density at radius 1 is 1.10 bits per heavy atom. The van der Waals surface area contributed by atoms with E-state index in [0.717, 1.165) is 21.6 Å². The van der Waals surface area contributed by atoms with E-state index >= 15 is 0 Å². The maximum atomic E-state index is 13.1. The van der Waals surface area contributed by atoms with E-state index in [1.54, 1.807) is 48.8 Å². The van der Waals surface area contributed by atoms with Gasteiger partial charge in [0.1, 0.15) is 12.4 Å². The highest BCUT2D eigenvalue weighted by Gasteiger charge is 2.33. The zero-order valence-corrected chi connectivity index (χ0v) is 16.4. The van der Waals surface area contributed by atoms with Crippen molar-refractivity contribution in [2.75, 3.05) is 13.2 Å². The van der Waals surface area contributed by atoms with Gasteiger partial charge in [0.2, 0.25) is 5.91 Å². The molecule has 31 heavy (non-hydrogen) atoms. The van der Waals surface area contributed by atoms with Crippen LogP contribution in [0.1, 0.15) is 11.6 Å². The number of halogens is 1. The molecule has 3 amide bonds. The monoisotopic (exact) mass is 422 g/mol. The molecule has 158 valence electrons. The number of carbonyl (C=O) groups excluding carboxylic acids is 3. The number of imide groups is 1. The molecular formula is C22H19FN4O4. The fourth-order valence-electron chi connectivity index (χ4n) is 3.29. The zero-order chi connectivity index (χ0) is 21.8. The van der Waals surface area contributed by atoms with Crippen molar-refractivity contribution in [2.24, 2.45) is 0 Å². The molecule has 2 aromatic carbocycles. The molecule has 1 N–H and O–H groups in total. The summed E-state index contributed by atoms with van der Waals surface area (Å²) in [4.78, 5) is 37.4. The Balaban J connectivity index is 1.46. The molecule has 1 atom stereocenters. The van der Waals surface area contributed by atoms with Crippen LogP contribution >= 0.6 is 0 Å². The van der Waals surface area contributed by atoms with Crippen LogP contribution in [-0.2, 0) is 20.9 Å². The third-order valence-corrected chi connectivity index (χ3v) is 4.86. The molecule has 1 unspecified atom stereocenters. The topological polar surface area (TPSA) is 93.5 Å². The van der Waals surface area contributed by atoms with Crippen molar-refractivity contribution in [1.82, 2.24) is 20.0 Å². The molecule has 0 aliphatic carbocycles. The van der Waals surface area contributed by atoms with E-state index in [-0.39, 0.29) is 31.4 Å². The number of cyclic esters (lactones) is 1. The van der Waals surface area contributed by atoms with Crippen LogP contribution < -0.4 is 5.32 Å². The number of benzene rings is 2. The highest BCUT2D eigenvalue weighted by atomic mass is 19.1. The summed E-state index contributed by atoms with van der Waals surface area (Å²) in [5.74, 6) is -1.12. The highest BCUT2D eigenvalue weighted by molar-refractivity contribution is 5.97. The quantitative estimate of drug-likeness (QED) is 0.632. The van der Waals surface area contributed by atoms with Crippen LogP contribution in [0.4, 0.5) is 9.18 Å². The van der Waals surface area contributed by atoms with Gasteiger partial charge >= 0.3 is 6.09 Å². The van der Waals surface area contributed by atoms with Gasteiger partial charge in [0, 0.05) is 11.8 Å². The van der Waals surface area contributed by atoms with Crippen LogP contribution in [0.3, 0.4) is 0 Å². The molecule has 4 rings (SSSR count). The number of nitrogens with zero attached hydrogens (tertiary/aromatic N) is 3.